The van der Waals surface area contributed by atoms with Crippen molar-refractivity contribution in [3.8, 4) is 5.75 Å². The van der Waals surface area contributed by atoms with Gasteiger partial charge in [0, 0.05) is 18.0 Å². The lowest BCUT2D eigenvalue weighted by Gasteiger charge is -2.25. The van der Waals surface area contributed by atoms with Crippen molar-refractivity contribution in [3.05, 3.63) is 70.4 Å². The van der Waals surface area contributed by atoms with Crippen molar-refractivity contribution >= 4 is 34.3 Å². The van der Waals surface area contributed by atoms with E-state index in [4.69, 9.17) is 9.84 Å². The van der Waals surface area contributed by atoms with E-state index in [-0.39, 0.29) is 23.7 Å². The lowest BCUT2D eigenvalue weighted by Crippen LogP contribution is -2.47. The number of hydrogen-bond acceptors (Lipinski definition) is 7. The molecule has 0 aliphatic rings. The first-order chi connectivity index (χ1) is 14.7. The van der Waals surface area contributed by atoms with E-state index < -0.39 is 22.5 Å². The van der Waals surface area contributed by atoms with E-state index in [1.165, 1.54) is 12.1 Å². The molecule has 1 heterocycles. The number of ether oxygens (including phenoxy) is 1. The minimum absolute atomic E-state index is 0.0873. The molecule has 1 amide bonds. The maximum atomic E-state index is 12.3. The summed E-state index contributed by atoms with van der Waals surface area (Å²) in [6.45, 7) is 3.37. The van der Waals surface area contributed by atoms with E-state index >= 15 is 0 Å². The van der Waals surface area contributed by atoms with Crippen molar-refractivity contribution in [1.82, 2.24) is 10.3 Å². The van der Waals surface area contributed by atoms with Gasteiger partial charge in [0.2, 0.25) is 0 Å². The second-order valence-corrected chi connectivity index (χ2v) is 7.38. The van der Waals surface area contributed by atoms with Crippen LogP contribution in [0.3, 0.4) is 0 Å². The summed E-state index contributed by atoms with van der Waals surface area (Å²) in [5.41, 5.74) is -0.199. The molecule has 0 bridgehead atoms. The normalized spacial score (nSPS) is 11.0. The molecule has 0 atom stereocenters. The maximum absolute atomic E-state index is 12.3. The molecule has 2 aromatic carbocycles. The number of carboxylic acid groups (broad SMARTS) is 1. The van der Waals surface area contributed by atoms with Crippen molar-refractivity contribution in [1.29, 1.82) is 0 Å². The van der Waals surface area contributed by atoms with Crippen LogP contribution in [0, 0.1) is 10.1 Å². The highest BCUT2D eigenvalue weighted by atomic mass is 16.6. The number of rotatable bonds is 7. The van der Waals surface area contributed by atoms with Crippen LogP contribution in [0.15, 0.2) is 54.7 Å². The molecular weight excluding hydrogens is 404 g/mol. The van der Waals surface area contributed by atoms with Crippen LogP contribution >= 0.6 is 0 Å². The number of carbonyl (C=O) groups is 2. The van der Waals surface area contributed by atoms with Gasteiger partial charge in [-0.05, 0) is 38.1 Å². The first kappa shape index (κ1) is 21.5. The molecule has 0 aliphatic heterocycles. The summed E-state index contributed by atoms with van der Waals surface area (Å²) >= 11 is 0. The molecule has 160 valence electrons. The first-order valence-corrected chi connectivity index (χ1v) is 9.26. The quantitative estimate of drug-likeness (QED) is 0.225. The van der Waals surface area contributed by atoms with Crippen molar-refractivity contribution < 1.29 is 24.4 Å². The van der Waals surface area contributed by atoms with Crippen molar-refractivity contribution in [2.75, 3.05) is 11.9 Å². The molecule has 0 fully saturated rings. The average Bonchev–Trinajstić information content (AvgIpc) is 2.71. The molecule has 10 heteroatoms. The molecule has 0 aliphatic carbocycles. The Kier molecular flexibility index (Phi) is 6.00. The third-order valence-corrected chi connectivity index (χ3v) is 4.39. The number of carbonyl (C=O) groups excluding carboxylic acids is 1. The Morgan fingerprint density at radius 1 is 1.19 bits per heavy atom. The van der Waals surface area contributed by atoms with Gasteiger partial charge >= 0.3 is 17.7 Å². The Balaban J connectivity index is 1.91. The Bertz CT molecular complexity index is 1150. The van der Waals surface area contributed by atoms with Gasteiger partial charge in [-0.1, -0.05) is 18.2 Å². The lowest BCUT2D eigenvalue weighted by molar-refractivity contribution is -0.384. The first-order valence-electron chi connectivity index (χ1n) is 9.26. The van der Waals surface area contributed by atoms with Gasteiger partial charge in [-0.15, -0.1) is 0 Å². The smallest absolute Gasteiger partial charge is 0.405 e. The lowest BCUT2D eigenvalue weighted by atomic mass is 10.1. The fraction of sp³-hybridized carbons (Fsp3) is 0.190. The van der Waals surface area contributed by atoms with Crippen molar-refractivity contribution in [2.45, 2.75) is 19.4 Å². The van der Waals surface area contributed by atoms with Gasteiger partial charge < -0.3 is 20.5 Å². The third-order valence-electron chi connectivity index (χ3n) is 4.39. The Hall–Kier alpha value is -4.21. The van der Waals surface area contributed by atoms with Crippen molar-refractivity contribution in [3.63, 3.8) is 0 Å². The Labute approximate surface area is 177 Å². The molecule has 31 heavy (non-hydrogen) atoms. The number of pyridine rings is 1. The molecule has 0 saturated carbocycles. The highest BCUT2D eigenvalue weighted by Crippen LogP contribution is 2.33. The number of fused-ring (bicyclic) bond motifs is 1. The van der Waals surface area contributed by atoms with Gasteiger partial charge in [0.1, 0.15) is 17.6 Å². The molecule has 0 unspecified atom stereocenters. The van der Waals surface area contributed by atoms with Gasteiger partial charge in [-0.2, -0.15) is 0 Å². The van der Waals surface area contributed by atoms with Gasteiger partial charge in [0.25, 0.3) is 0 Å². The van der Waals surface area contributed by atoms with Crippen LogP contribution in [0.2, 0.25) is 0 Å². The molecule has 0 saturated heterocycles. The average molecular weight is 424 g/mol. The van der Waals surface area contributed by atoms with Crippen LogP contribution in [-0.4, -0.2) is 39.2 Å². The standard InChI is InChI=1S/C21H20N4O6/c1-21(2,24-20(27)28)12-23-18-15-9-8-14(10-16(15)22-11-17(18)25(29)30)31-19(26)13-6-4-3-5-7-13/h3-11,24H,12H2,1-2H3,(H,22,23)(H,27,28). The van der Waals surface area contributed by atoms with Crippen LogP contribution in [0.1, 0.15) is 24.2 Å². The summed E-state index contributed by atoms with van der Waals surface area (Å²) in [6.07, 6.45) is -0.101. The zero-order valence-corrected chi connectivity index (χ0v) is 16.8. The van der Waals surface area contributed by atoms with Gasteiger partial charge in [0.15, 0.2) is 0 Å². The van der Waals surface area contributed by atoms with Gasteiger partial charge in [-0.3, -0.25) is 10.1 Å². The number of hydrogen-bond donors (Lipinski definition) is 3. The number of nitrogens with zero attached hydrogens (tertiary/aromatic N) is 2. The van der Waals surface area contributed by atoms with Gasteiger partial charge in [0.05, 0.1) is 21.5 Å². The second kappa shape index (κ2) is 8.66. The number of esters is 1. The summed E-state index contributed by atoms with van der Waals surface area (Å²) in [5, 5.41) is 26.2. The maximum Gasteiger partial charge on any atom is 0.405 e. The molecular formula is C21H20N4O6. The fourth-order valence-corrected chi connectivity index (χ4v) is 2.93. The van der Waals surface area contributed by atoms with E-state index in [0.29, 0.717) is 16.5 Å². The SMILES string of the molecule is CC(C)(CNc1c([N+](=O)[O-])cnc2cc(OC(=O)c3ccccc3)ccc12)NC(=O)O. The number of nitro groups is 1. The largest absolute Gasteiger partial charge is 0.465 e. The molecule has 3 N–H and O–H groups in total. The highest BCUT2D eigenvalue weighted by molar-refractivity contribution is 5.97. The van der Waals surface area contributed by atoms with Crippen molar-refractivity contribution in [2.24, 2.45) is 0 Å². The minimum Gasteiger partial charge on any atom is -0.465 e. The van der Waals surface area contributed by atoms with E-state index in [2.05, 4.69) is 15.6 Å². The molecule has 10 nitrogen and oxygen atoms in total. The van der Waals surface area contributed by atoms with E-state index in [9.17, 15) is 19.7 Å². The summed E-state index contributed by atoms with van der Waals surface area (Å²) < 4.78 is 5.38. The Morgan fingerprint density at radius 3 is 2.55 bits per heavy atom. The van der Waals surface area contributed by atoms with E-state index in [1.54, 1.807) is 50.2 Å². The second-order valence-electron chi connectivity index (χ2n) is 7.38. The molecule has 0 spiro atoms. The number of anilines is 1. The van der Waals surface area contributed by atoms with Crippen LogP contribution in [0.5, 0.6) is 5.75 Å². The van der Waals surface area contributed by atoms with Crippen LogP contribution in [0.25, 0.3) is 10.9 Å². The number of nitrogens with one attached hydrogen (secondary N) is 2. The van der Waals surface area contributed by atoms with E-state index in [0.717, 1.165) is 6.20 Å². The summed E-state index contributed by atoms with van der Waals surface area (Å²) in [4.78, 5) is 38.2. The summed E-state index contributed by atoms with van der Waals surface area (Å²) in [7, 11) is 0. The monoisotopic (exact) mass is 424 g/mol. The third kappa shape index (κ3) is 5.24. The highest BCUT2D eigenvalue weighted by Gasteiger charge is 2.24. The van der Waals surface area contributed by atoms with Crippen LogP contribution < -0.4 is 15.4 Å². The van der Waals surface area contributed by atoms with Gasteiger partial charge in [-0.25, -0.2) is 14.6 Å². The number of amides is 1. The zero-order valence-electron chi connectivity index (χ0n) is 16.8. The molecule has 0 radical (unpaired) electrons. The topological polar surface area (TPSA) is 144 Å². The molecule has 1 aromatic heterocycles. The minimum atomic E-state index is -1.20. The molecule has 3 rings (SSSR count). The Morgan fingerprint density at radius 2 is 1.90 bits per heavy atom. The molecule has 3 aromatic rings. The predicted octanol–water partition coefficient (Wildman–Crippen LogP) is 3.82. The summed E-state index contributed by atoms with van der Waals surface area (Å²) in [6, 6.07) is 13.0. The number of aromatic nitrogens is 1. The van der Waals surface area contributed by atoms with Crippen LogP contribution in [-0.2, 0) is 0 Å². The fourth-order valence-electron chi connectivity index (χ4n) is 2.93. The zero-order chi connectivity index (χ0) is 22.6. The number of benzene rings is 2. The van der Waals surface area contributed by atoms with Crippen LogP contribution in [0.4, 0.5) is 16.2 Å². The summed E-state index contributed by atoms with van der Waals surface area (Å²) in [5.74, 6) is -0.303. The van der Waals surface area contributed by atoms with E-state index in [1.807, 2.05) is 0 Å². The predicted molar refractivity (Wildman–Crippen MR) is 114 cm³/mol.